The van der Waals surface area contributed by atoms with Gasteiger partial charge in [0.05, 0.1) is 5.69 Å². The van der Waals surface area contributed by atoms with E-state index < -0.39 is 0 Å². The van der Waals surface area contributed by atoms with Crippen LogP contribution in [0.4, 0.5) is 0 Å². The van der Waals surface area contributed by atoms with Crippen LogP contribution in [0.15, 0.2) is 6.07 Å². The Morgan fingerprint density at radius 2 is 2.06 bits per heavy atom. The van der Waals surface area contributed by atoms with Crippen molar-refractivity contribution in [2.75, 3.05) is 6.54 Å². The summed E-state index contributed by atoms with van der Waals surface area (Å²) in [5.41, 5.74) is 2.46. The van der Waals surface area contributed by atoms with Gasteiger partial charge in [0.15, 0.2) is 0 Å². The van der Waals surface area contributed by atoms with E-state index >= 15 is 0 Å². The van der Waals surface area contributed by atoms with Gasteiger partial charge in [-0.15, -0.1) is 0 Å². The summed E-state index contributed by atoms with van der Waals surface area (Å²) >= 11 is 0. The molecule has 0 aromatic carbocycles. The Labute approximate surface area is 99.2 Å². The van der Waals surface area contributed by atoms with Crippen LogP contribution in [0.1, 0.15) is 38.6 Å². The number of aryl methyl sites for hydroxylation is 3. The smallest absolute Gasteiger partial charge is 0.0596 e. The predicted molar refractivity (Wildman–Crippen MR) is 68.6 cm³/mol. The molecule has 1 heterocycles. The lowest BCUT2D eigenvalue weighted by Crippen LogP contribution is -2.28. The van der Waals surface area contributed by atoms with E-state index in [1.54, 1.807) is 0 Å². The molecule has 0 saturated carbocycles. The quantitative estimate of drug-likeness (QED) is 0.802. The third kappa shape index (κ3) is 4.35. The zero-order valence-electron chi connectivity index (χ0n) is 11.2. The Bertz CT molecular complexity index is 315. The summed E-state index contributed by atoms with van der Waals surface area (Å²) in [6.45, 7) is 9.84. The molecule has 0 aliphatic carbocycles. The first-order chi connectivity index (χ1) is 7.49. The monoisotopic (exact) mass is 223 g/mol. The van der Waals surface area contributed by atoms with Crippen LogP contribution in [0.25, 0.3) is 0 Å². The highest BCUT2D eigenvalue weighted by atomic mass is 15.3. The highest BCUT2D eigenvalue weighted by Crippen LogP contribution is 2.10. The second-order valence-corrected chi connectivity index (χ2v) is 5.11. The highest BCUT2D eigenvalue weighted by molar-refractivity contribution is 5.08. The normalized spacial score (nSPS) is 13.4. The van der Waals surface area contributed by atoms with Crippen LogP contribution in [0.2, 0.25) is 0 Å². The molecule has 0 bridgehead atoms. The van der Waals surface area contributed by atoms with Gasteiger partial charge in [0.2, 0.25) is 0 Å². The molecule has 3 heteroatoms. The summed E-state index contributed by atoms with van der Waals surface area (Å²) in [4.78, 5) is 0. The van der Waals surface area contributed by atoms with E-state index in [2.05, 4.69) is 37.3 Å². The molecule has 0 aliphatic rings. The minimum absolute atomic E-state index is 0.585. The number of nitrogens with zero attached hydrogens (tertiary/aromatic N) is 2. The second kappa shape index (κ2) is 6.04. The fraction of sp³-hybridized carbons (Fsp3) is 0.769. The molecule has 1 unspecified atom stereocenters. The first-order valence-corrected chi connectivity index (χ1v) is 6.22. The lowest BCUT2D eigenvalue weighted by Gasteiger charge is -2.14. The number of aromatic nitrogens is 2. The lowest BCUT2D eigenvalue weighted by molar-refractivity contribution is 0.449. The van der Waals surface area contributed by atoms with Gasteiger partial charge in [-0.3, -0.25) is 4.68 Å². The first-order valence-electron chi connectivity index (χ1n) is 6.22. The molecule has 0 spiro atoms. The van der Waals surface area contributed by atoms with Gasteiger partial charge in [-0.05, 0) is 38.3 Å². The summed E-state index contributed by atoms with van der Waals surface area (Å²) in [6, 6.07) is 2.77. The zero-order chi connectivity index (χ0) is 12.1. The number of hydrogen-bond acceptors (Lipinski definition) is 2. The van der Waals surface area contributed by atoms with E-state index in [1.165, 1.54) is 12.1 Å². The average Bonchev–Trinajstić information content (AvgIpc) is 2.51. The molecule has 1 aromatic rings. The van der Waals surface area contributed by atoms with Crippen molar-refractivity contribution in [1.29, 1.82) is 0 Å². The summed E-state index contributed by atoms with van der Waals surface area (Å²) in [5.74, 6) is 0.720. The molecule has 0 fully saturated rings. The Kier molecular flexibility index (Phi) is 5.00. The highest BCUT2D eigenvalue weighted by Gasteiger charge is 2.06. The van der Waals surface area contributed by atoms with Gasteiger partial charge in [-0.25, -0.2) is 0 Å². The maximum Gasteiger partial charge on any atom is 0.0596 e. The van der Waals surface area contributed by atoms with Gasteiger partial charge < -0.3 is 5.32 Å². The molecule has 0 saturated heterocycles. The van der Waals surface area contributed by atoms with Crippen LogP contribution in [0, 0.1) is 12.8 Å². The summed E-state index contributed by atoms with van der Waals surface area (Å²) < 4.78 is 2.00. The second-order valence-electron chi connectivity index (χ2n) is 5.11. The molecule has 0 aliphatic heterocycles. The Morgan fingerprint density at radius 1 is 1.38 bits per heavy atom. The van der Waals surface area contributed by atoms with Crippen LogP contribution in [0.3, 0.4) is 0 Å². The van der Waals surface area contributed by atoms with Gasteiger partial charge in [0.25, 0.3) is 0 Å². The molecule has 1 N–H and O–H groups in total. The largest absolute Gasteiger partial charge is 0.314 e. The van der Waals surface area contributed by atoms with Gasteiger partial charge >= 0.3 is 0 Å². The standard InChI is InChI=1S/C13H25N3/c1-10(2)14-9-11(3)6-7-13-8-12(4)15-16(13)5/h8,10-11,14H,6-7,9H2,1-5H3. The van der Waals surface area contributed by atoms with E-state index in [9.17, 15) is 0 Å². The number of nitrogens with one attached hydrogen (secondary N) is 1. The molecule has 3 nitrogen and oxygen atoms in total. The first kappa shape index (κ1) is 13.2. The van der Waals surface area contributed by atoms with Gasteiger partial charge in [0, 0.05) is 18.8 Å². The molecular weight excluding hydrogens is 198 g/mol. The van der Waals surface area contributed by atoms with Crippen molar-refractivity contribution >= 4 is 0 Å². The Balaban J connectivity index is 2.31. The third-order valence-corrected chi connectivity index (χ3v) is 2.87. The molecule has 92 valence electrons. The zero-order valence-corrected chi connectivity index (χ0v) is 11.2. The number of rotatable bonds is 6. The predicted octanol–water partition coefficient (Wildman–Crippen LogP) is 2.30. The van der Waals surface area contributed by atoms with Crippen molar-refractivity contribution in [3.8, 4) is 0 Å². The van der Waals surface area contributed by atoms with E-state index in [4.69, 9.17) is 0 Å². The maximum absolute atomic E-state index is 4.36. The van der Waals surface area contributed by atoms with Crippen LogP contribution in [-0.2, 0) is 13.5 Å². The van der Waals surface area contributed by atoms with Crippen LogP contribution in [0.5, 0.6) is 0 Å². The van der Waals surface area contributed by atoms with E-state index in [0.29, 0.717) is 6.04 Å². The SMILES string of the molecule is Cc1cc(CCC(C)CNC(C)C)n(C)n1. The maximum atomic E-state index is 4.36. The molecule has 1 rings (SSSR count). The van der Waals surface area contributed by atoms with Crippen molar-refractivity contribution in [3.05, 3.63) is 17.5 Å². The summed E-state index contributed by atoms with van der Waals surface area (Å²) in [5, 5.41) is 7.84. The van der Waals surface area contributed by atoms with Crippen molar-refractivity contribution in [2.45, 2.75) is 46.6 Å². The molecule has 1 aromatic heterocycles. The van der Waals surface area contributed by atoms with E-state index in [0.717, 1.165) is 24.6 Å². The molecule has 16 heavy (non-hydrogen) atoms. The van der Waals surface area contributed by atoms with Crippen molar-refractivity contribution in [2.24, 2.45) is 13.0 Å². The molecular formula is C13H25N3. The van der Waals surface area contributed by atoms with E-state index in [1.807, 2.05) is 18.7 Å². The minimum Gasteiger partial charge on any atom is -0.314 e. The topological polar surface area (TPSA) is 29.9 Å². The van der Waals surface area contributed by atoms with Gasteiger partial charge in [-0.1, -0.05) is 20.8 Å². The van der Waals surface area contributed by atoms with Crippen LogP contribution < -0.4 is 5.32 Å². The van der Waals surface area contributed by atoms with Gasteiger partial charge in [-0.2, -0.15) is 5.10 Å². The lowest BCUT2D eigenvalue weighted by atomic mass is 10.0. The fourth-order valence-corrected chi connectivity index (χ4v) is 1.83. The average molecular weight is 223 g/mol. The van der Waals surface area contributed by atoms with Crippen LogP contribution in [-0.4, -0.2) is 22.4 Å². The van der Waals surface area contributed by atoms with Gasteiger partial charge in [0.1, 0.15) is 0 Å². The number of hydrogen-bond donors (Lipinski definition) is 1. The molecule has 1 atom stereocenters. The Hall–Kier alpha value is -0.830. The molecule has 0 radical (unpaired) electrons. The summed E-state index contributed by atoms with van der Waals surface area (Å²) in [6.07, 6.45) is 2.34. The van der Waals surface area contributed by atoms with Crippen LogP contribution >= 0.6 is 0 Å². The molecule has 0 amide bonds. The van der Waals surface area contributed by atoms with Crippen molar-refractivity contribution < 1.29 is 0 Å². The van der Waals surface area contributed by atoms with E-state index in [-0.39, 0.29) is 0 Å². The third-order valence-electron chi connectivity index (χ3n) is 2.87. The fourth-order valence-electron chi connectivity index (χ4n) is 1.83. The summed E-state index contributed by atoms with van der Waals surface area (Å²) in [7, 11) is 2.03. The van der Waals surface area contributed by atoms with Crippen molar-refractivity contribution in [3.63, 3.8) is 0 Å². The minimum atomic E-state index is 0.585. The Morgan fingerprint density at radius 3 is 2.56 bits per heavy atom. The van der Waals surface area contributed by atoms with Crippen molar-refractivity contribution in [1.82, 2.24) is 15.1 Å².